The highest BCUT2D eigenvalue weighted by atomic mass is 32.2. The minimum absolute atomic E-state index is 0.371. The van der Waals surface area contributed by atoms with Crippen molar-refractivity contribution in [2.75, 3.05) is 0 Å². The van der Waals surface area contributed by atoms with Crippen molar-refractivity contribution in [2.45, 2.75) is 56.2 Å². The molecule has 3 unspecified atom stereocenters. The molecule has 2 N–H and O–H groups in total. The van der Waals surface area contributed by atoms with Gasteiger partial charge in [0, 0.05) is 16.2 Å². The van der Waals surface area contributed by atoms with Gasteiger partial charge in [-0.15, -0.1) is 11.8 Å². The van der Waals surface area contributed by atoms with Crippen LogP contribution in [0.5, 0.6) is 0 Å². The van der Waals surface area contributed by atoms with Gasteiger partial charge in [0.25, 0.3) is 0 Å². The first-order chi connectivity index (χ1) is 8.06. The maximum Gasteiger partial charge on any atom is 0.0248 e. The summed E-state index contributed by atoms with van der Waals surface area (Å²) in [5, 5.41) is 0.597. The van der Waals surface area contributed by atoms with E-state index in [4.69, 9.17) is 5.73 Å². The summed E-state index contributed by atoms with van der Waals surface area (Å²) in [6.07, 6.45) is 3.74. The topological polar surface area (TPSA) is 26.0 Å². The van der Waals surface area contributed by atoms with Crippen LogP contribution in [0.25, 0.3) is 0 Å². The zero-order valence-corrected chi connectivity index (χ0v) is 11.9. The molecule has 1 nitrogen and oxygen atoms in total. The lowest BCUT2D eigenvalue weighted by atomic mass is 9.87. The first-order valence-electron chi connectivity index (χ1n) is 6.55. The van der Waals surface area contributed by atoms with Crippen molar-refractivity contribution in [3.63, 3.8) is 0 Å². The lowest BCUT2D eigenvalue weighted by Gasteiger charge is -2.32. The Labute approximate surface area is 109 Å². The first-order valence-corrected chi connectivity index (χ1v) is 7.43. The van der Waals surface area contributed by atoms with Crippen LogP contribution in [0.1, 0.15) is 37.3 Å². The molecule has 0 radical (unpaired) electrons. The predicted octanol–water partition coefficient (Wildman–Crippen LogP) is 3.91. The Morgan fingerprint density at radius 1 is 1.24 bits per heavy atom. The SMILES string of the molecule is Cc1ccc(C)c(SC2CC(C)CCC2N)c1. The second-order valence-corrected chi connectivity index (χ2v) is 6.79. The number of benzene rings is 1. The van der Waals surface area contributed by atoms with Gasteiger partial charge < -0.3 is 5.73 Å². The second kappa shape index (κ2) is 5.45. The van der Waals surface area contributed by atoms with E-state index in [0.717, 1.165) is 5.92 Å². The van der Waals surface area contributed by atoms with Crippen molar-refractivity contribution in [3.05, 3.63) is 29.3 Å². The molecule has 94 valence electrons. The zero-order valence-electron chi connectivity index (χ0n) is 11.1. The summed E-state index contributed by atoms with van der Waals surface area (Å²) in [5.74, 6) is 0.831. The first kappa shape index (κ1) is 13.0. The van der Waals surface area contributed by atoms with E-state index in [1.807, 2.05) is 11.8 Å². The molecule has 0 saturated heterocycles. The molecule has 17 heavy (non-hydrogen) atoms. The fourth-order valence-corrected chi connectivity index (χ4v) is 4.05. The normalized spacial score (nSPS) is 29.3. The molecule has 1 aromatic rings. The summed E-state index contributed by atoms with van der Waals surface area (Å²) in [7, 11) is 0. The van der Waals surface area contributed by atoms with Gasteiger partial charge in [0.1, 0.15) is 0 Å². The molecular weight excluding hydrogens is 226 g/mol. The van der Waals surface area contributed by atoms with Gasteiger partial charge in [-0.25, -0.2) is 0 Å². The smallest absolute Gasteiger partial charge is 0.0248 e. The molecule has 2 rings (SSSR count). The van der Waals surface area contributed by atoms with Gasteiger partial charge in [-0.05, 0) is 50.7 Å². The van der Waals surface area contributed by atoms with Crippen LogP contribution in [0.15, 0.2) is 23.1 Å². The highest BCUT2D eigenvalue weighted by Crippen LogP contribution is 2.37. The van der Waals surface area contributed by atoms with Crippen molar-refractivity contribution < 1.29 is 0 Å². The van der Waals surface area contributed by atoms with E-state index in [1.54, 1.807) is 0 Å². The highest BCUT2D eigenvalue weighted by molar-refractivity contribution is 8.00. The summed E-state index contributed by atoms with van der Waals surface area (Å²) >= 11 is 1.99. The number of nitrogens with two attached hydrogens (primary N) is 1. The van der Waals surface area contributed by atoms with Crippen LogP contribution in [-0.4, -0.2) is 11.3 Å². The molecular formula is C15H23NS. The Kier molecular flexibility index (Phi) is 4.16. The Morgan fingerprint density at radius 2 is 2.00 bits per heavy atom. The molecule has 0 aliphatic heterocycles. The highest BCUT2D eigenvalue weighted by Gasteiger charge is 2.27. The molecule has 1 saturated carbocycles. The molecule has 1 fully saturated rings. The van der Waals surface area contributed by atoms with Crippen LogP contribution in [-0.2, 0) is 0 Å². The second-order valence-electron chi connectivity index (χ2n) is 5.51. The number of hydrogen-bond acceptors (Lipinski definition) is 2. The average molecular weight is 249 g/mol. The van der Waals surface area contributed by atoms with Crippen molar-refractivity contribution in [1.82, 2.24) is 0 Å². The van der Waals surface area contributed by atoms with Gasteiger partial charge in [0.15, 0.2) is 0 Å². The molecule has 3 atom stereocenters. The summed E-state index contributed by atoms with van der Waals surface area (Å²) in [5.41, 5.74) is 8.98. The van der Waals surface area contributed by atoms with Gasteiger partial charge in [0.05, 0.1) is 0 Å². The van der Waals surface area contributed by atoms with Gasteiger partial charge in [-0.1, -0.05) is 24.6 Å². The summed E-state index contributed by atoms with van der Waals surface area (Å²) < 4.78 is 0. The minimum Gasteiger partial charge on any atom is -0.327 e. The largest absolute Gasteiger partial charge is 0.327 e. The number of thioether (sulfide) groups is 1. The lowest BCUT2D eigenvalue weighted by molar-refractivity contribution is 0.357. The van der Waals surface area contributed by atoms with Crippen molar-refractivity contribution in [1.29, 1.82) is 0 Å². The molecule has 1 aliphatic rings. The number of hydrogen-bond donors (Lipinski definition) is 1. The maximum absolute atomic E-state index is 6.26. The Bertz CT molecular complexity index is 389. The zero-order chi connectivity index (χ0) is 12.4. The quantitative estimate of drug-likeness (QED) is 0.860. The standard InChI is InChI=1S/C15H23NS/c1-10-4-6-12(3)14(8-10)17-15-9-11(2)5-7-13(15)16/h4,6,8,11,13,15H,5,7,9,16H2,1-3H3. The van der Waals surface area contributed by atoms with Gasteiger partial charge in [-0.2, -0.15) is 0 Å². The van der Waals surface area contributed by atoms with Crippen LogP contribution in [0.4, 0.5) is 0 Å². The van der Waals surface area contributed by atoms with E-state index in [0.29, 0.717) is 11.3 Å². The molecule has 0 spiro atoms. The van der Waals surface area contributed by atoms with Crippen LogP contribution in [0.2, 0.25) is 0 Å². The third kappa shape index (κ3) is 3.26. The van der Waals surface area contributed by atoms with Gasteiger partial charge in [-0.3, -0.25) is 0 Å². The van der Waals surface area contributed by atoms with E-state index >= 15 is 0 Å². The van der Waals surface area contributed by atoms with Crippen molar-refractivity contribution in [2.24, 2.45) is 11.7 Å². The van der Waals surface area contributed by atoms with Gasteiger partial charge in [0.2, 0.25) is 0 Å². The summed E-state index contributed by atoms with van der Waals surface area (Å²) in [6, 6.07) is 7.07. The molecule has 0 bridgehead atoms. The number of aryl methyl sites for hydroxylation is 2. The van der Waals surface area contributed by atoms with Crippen molar-refractivity contribution >= 4 is 11.8 Å². The van der Waals surface area contributed by atoms with Crippen LogP contribution >= 0.6 is 11.8 Å². The molecule has 2 heteroatoms. The fourth-order valence-electron chi connectivity index (χ4n) is 2.48. The van der Waals surface area contributed by atoms with Gasteiger partial charge >= 0.3 is 0 Å². The fraction of sp³-hybridized carbons (Fsp3) is 0.600. The molecule has 0 amide bonds. The van der Waals surface area contributed by atoms with Crippen LogP contribution in [0.3, 0.4) is 0 Å². The maximum atomic E-state index is 6.26. The van der Waals surface area contributed by atoms with E-state index in [2.05, 4.69) is 39.0 Å². The Balaban J connectivity index is 2.11. The van der Waals surface area contributed by atoms with E-state index in [9.17, 15) is 0 Å². The molecule has 0 heterocycles. The molecule has 0 aromatic heterocycles. The summed E-state index contributed by atoms with van der Waals surface area (Å²) in [6.45, 7) is 6.70. The Morgan fingerprint density at radius 3 is 2.76 bits per heavy atom. The predicted molar refractivity (Wildman–Crippen MR) is 76.6 cm³/mol. The lowest BCUT2D eigenvalue weighted by Crippen LogP contribution is -2.37. The van der Waals surface area contributed by atoms with Crippen LogP contribution in [0, 0.1) is 19.8 Å². The average Bonchev–Trinajstić information content (AvgIpc) is 2.28. The minimum atomic E-state index is 0.371. The van der Waals surface area contributed by atoms with E-state index < -0.39 is 0 Å². The van der Waals surface area contributed by atoms with E-state index in [1.165, 1.54) is 35.3 Å². The van der Waals surface area contributed by atoms with E-state index in [-0.39, 0.29) is 0 Å². The third-order valence-electron chi connectivity index (χ3n) is 3.73. The summed E-state index contributed by atoms with van der Waals surface area (Å²) in [4.78, 5) is 1.42. The monoisotopic (exact) mass is 249 g/mol. The van der Waals surface area contributed by atoms with Crippen LogP contribution < -0.4 is 5.73 Å². The molecule has 1 aromatic carbocycles. The molecule has 1 aliphatic carbocycles. The Hall–Kier alpha value is -0.470. The number of rotatable bonds is 2. The third-order valence-corrected chi connectivity index (χ3v) is 5.27. The van der Waals surface area contributed by atoms with Crippen molar-refractivity contribution in [3.8, 4) is 0 Å².